The summed E-state index contributed by atoms with van der Waals surface area (Å²) in [5, 5.41) is 8.93. The van der Waals surface area contributed by atoms with Crippen LogP contribution < -0.4 is 0 Å². The van der Waals surface area contributed by atoms with Crippen LogP contribution in [0.3, 0.4) is 0 Å². The minimum absolute atomic E-state index is 0.359. The summed E-state index contributed by atoms with van der Waals surface area (Å²) in [5.74, 6) is 0.692. The molecule has 0 aliphatic carbocycles. The van der Waals surface area contributed by atoms with Crippen molar-refractivity contribution in [3.8, 4) is 0 Å². The van der Waals surface area contributed by atoms with E-state index in [0.29, 0.717) is 12.2 Å². The third kappa shape index (κ3) is 2.11. The summed E-state index contributed by atoms with van der Waals surface area (Å²) in [5.41, 5.74) is 0. The Morgan fingerprint density at radius 3 is 2.60 bits per heavy atom. The van der Waals surface area contributed by atoms with Gasteiger partial charge in [0.15, 0.2) is 0 Å². The molecule has 0 bridgehead atoms. The lowest BCUT2D eigenvalue weighted by molar-refractivity contribution is 0.193. The fraction of sp³-hybridized carbons (Fsp3) is 0.429. The second-order valence-corrected chi connectivity index (χ2v) is 2.22. The van der Waals surface area contributed by atoms with Crippen molar-refractivity contribution in [2.24, 2.45) is 0 Å². The lowest BCUT2D eigenvalue weighted by Gasteiger charge is -1.99. The molecule has 1 N–H and O–H groups in total. The topological polar surface area (TPSA) is 46.0 Å². The molecular weight excluding hydrogens is 128 g/mol. The van der Waals surface area contributed by atoms with Crippen molar-refractivity contribution in [3.05, 3.63) is 24.3 Å². The summed E-state index contributed by atoms with van der Waals surface area (Å²) in [6.45, 7) is 1.72. The Bertz CT molecular complexity index is 186. The van der Waals surface area contributed by atoms with Gasteiger partial charge in [-0.15, -0.1) is 0 Å². The Morgan fingerprint density at radius 1 is 1.50 bits per heavy atom. The second kappa shape index (κ2) is 3.27. The SMILES string of the molecule is CC(O)Cc1ncccn1. The van der Waals surface area contributed by atoms with Gasteiger partial charge >= 0.3 is 0 Å². The highest BCUT2D eigenvalue weighted by Crippen LogP contribution is 1.92. The zero-order valence-electron chi connectivity index (χ0n) is 5.86. The van der Waals surface area contributed by atoms with Crippen LogP contribution in [0.15, 0.2) is 18.5 Å². The zero-order chi connectivity index (χ0) is 7.40. The minimum Gasteiger partial charge on any atom is -0.393 e. The number of aromatic nitrogens is 2. The average Bonchev–Trinajstić information content (AvgIpc) is 1.88. The van der Waals surface area contributed by atoms with Crippen LogP contribution in [0.4, 0.5) is 0 Å². The smallest absolute Gasteiger partial charge is 0.130 e. The highest BCUT2D eigenvalue weighted by Gasteiger charge is 1.98. The van der Waals surface area contributed by atoms with Gasteiger partial charge in [0.1, 0.15) is 5.82 Å². The third-order valence-corrected chi connectivity index (χ3v) is 1.10. The molecule has 0 saturated carbocycles. The molecule has 10 heavy (non-hydrogen) atoms. The van der Waals surface area contributed by atoms with Gasteiger partial charge in [-0.05, 0) is 13.0 Å². The van der Waals surface area contributed by atoms with Crippen molar-refractivity contribution < 1.29 is 5.11 Å². The van der Waals surface area contributed by atoms with Gasteiger partial charge in [-0.1, -0.05) is 0 Å². The maximum atomic E-state index is 8.93. The Labute approximate surface area is 59.8 Å². The Kier molecular flexibility index (Phi) is 2.34. The van der Waals surface area contributed by atoms with Gasteiger partial charge in [0.05, 0.1) is 6.10 Å². The first-order valence-corrected chi connectivity index (χ1v) is 3.23. The predicted octanol–water partition coefficient (Wildman–Crippen LogP) is 0.400. The fourth-order valence-electron chi connectivity index (χ4n) is 0.700. The molecule has 0 spiro atoms. The molecule has 0 fully saturated rings. The number of hydrogen-bond donors (Lipinski definition) is 1. The van der Waals surface area contributed by atoms with Gasteiger partial charge in [0.25, 0.3) is 0 Å². The van der Waals surface area contributed by atoms with Crippen molar-refractivity contribution >= 4 is 0 Å². The van der Waals surface area contributed by atoms with Crippen LogP contribution in [0, 0.1) is 0 Å². The standard InChI is InChI=1S/C7H10N2O/c1-6(10)5-7-8-3-2-4-9-7/h2-4,6,10H,5H2,1H3. The first-order chi connectivity index (χ1) is 4.79. The summed E-state index contributed by atoms with van der Waals surface area (Å²) < 4.78 is 0. The molecule has 0 aromatic carbocycles. The molecule has 0 amide bonds. The van der Waals surface area contributed by atoms with E-state index in [9.17, 15) is 0 Å². The molecule has 1 heterocycles. The van der Waals surface area contributed by atoms with Gasteiger partial charge < -0.3 is 5.11 Å². The molecule has 1 atom stereocenters. The summed E-state index contributed by atoms with van der Waals surface area (Å²) in [7, 11) is 0. The van der Waals surface area contributed by atoms with Crippen molar-refractivity contribution in [2.45, 2.75) is 19.4 Å². The summed E-state index contributed by atoms with van der Waals surface area (Å²) in [6.07, 6.45) is 3.51. The first-order valence-electron chi connectivity index (χ1n) is 3.23. The van der Waals surface area contributed by atoms with Crippen molar-refractivity contribution in [1.29, 1.82) is 0 Å². The fourth-order valence-corrected chi connectivity index (χ4v) is 0.700. The summed E-state index contributed by atoms with van der Waals surface area (Å²) in [4.78, 5) is 7.90. The number of aliphatic hydroxyl groups excluding tert-OH is 1. The molecule has 1 aromatic rings. The molecule has 1 unspecified atom stereocenters. The van der Waals surface area contributed by atoms with Gasteiger partial charge in [0, 0.05) is 18.8 Å². The zero-order valence-corrected chi connectivity index (χ0v) is 5.86. The van der Waals surface area contributed by atoms with Crippen LogP contribution >= 0.6 is 0 Å². The van der Waals surface area contributed by atoms with Crippen molar-refractivity contribution in [1.82, 2.24) is 9.97 Å². The van der Waals surface area contributed by atoms with Gasteiger partial charge in [-0.3, -0.25) is 0 Å². The molecule has 3 heteroatoms. The monoisotopic (exact) mass is 138 g/mol. The van der Waals surface area contributed by atoms with Gasteiger partial charge in [-0.2, -0.15) is 0 Å². The van der Waals surface area contributed by atoms with E-state index < -0.39 is 0 Å². The lowest BCUT2D eigenvalue weighted by atomic mass is 10.3. The van der Waals surface area contributed by atoms with Crippen LogP contribution in [0.5, 0.6) is 0 Å². The van der Waals surface area contributed by atoms with Gasteiger partial charge in [0.2, 0.25) is 0 Å². The Hall–Kier alpha value is -0.960. The third-order valence-electron chi connectivity index (χ3n) is 1.10. The number of hydrogen-bond acceptors (Lipinski definition) is 3. The maximum Gasteiger partial charge on any atom is 0.130 e. The average molecular weight is 138 g/mol. The molecule has 1 aromatic heterocycles. The molecule has 0 aliphatic heterocycles. The molecule has 0 aliphatic rings. The van der Waals surface area contributed by atoms with Crippen molar-refractivity contribution in [3.63, 3.8) is 0 Å². The molecule has 1 rings (SSSR count). The molecule has 0 saturated heterocycles. The van der Waals surface area contributed by atoms with Crippen LogP contribution in [-0.2, 0) is 6.42 Å². The van der Waals surface area contributed by atoms with E-state index in [2.05, 4.69) is 9.97 Å². The summed E-state index contributed by atoms with van der Waals surface area (Å²) >= 11 is 0. The van der Waals surface area contributed by atoms with Crippen LogP contribution in [-0.4, -0.2) is 21.2 Å². The van der Waals surface area contributed by atoms with Crippen LogP contribution in [0.1, 0.15) is 12.7 Å². The molecule has 0 radical (unpaired) electrons. The largest absolute Gasteiger partial charge is 0.393 e. The Morgan fingerprint density at radius 2 is 2.10 bits per heavy atom. The van der Waals surface area contributed by atoms with E-state index >= 15 is 0 Å². The quantitative estimate of drug-likeness (QED) is 0.643. The van der Waals surface area contributed by atoms with E-state index in [0.717, 1.165) is 0 Å². The second-order valence-electron chi connectivity index (χ2n) is 2.22. The van der Waals surface area contributed by atoms with E-state index in [-0.39, 0.29) is 6.10 Å². The first kappa shape index (κ1) is 7.15. The van der Waals surface area contributed by atoms with Crippen LogP contribution in [0.25, 0.3) is 0 Å². The van der Waals surface area contributed by atoms with E-state index in [4.69, 9.17) is 5.11 Å². The predicted molar refractivity (Wildman–Crippen MR) is 37.4 cm³/mol. The minimum atomic E-state index is -0.359. The normalized spacial score (nSPS) is 13.0. The highest BCUT2D eigenvalue weighted by molar-refractivity contribution is 4.89. The maximum absolute atomic E-state index is 8.93. The molecule has 3 nitrogen and oxygen atoms in total. The Balaban J connectivity index is 2.59. The summed E-state index contributed by atoms with van der Waals surface area (Å²) in [6, 6.07) is 1.76. The van der Waals surface area contributed by atoms with E-state index in [1.54, 1.807) is 25.4 Å². The molecular formula is C7H10N2O. The number of nitrogens with zero attached hydrogens (tertiary/aromatic N) is 2. The highest BCUT2D eigenvalue weighted by atomic mass is 16.3. The number of aliphatic hydroxyl groups is 1. The van der Waals surface area contributed by atoms with Gasteiger partial charge in [-0.25, -0.2) is 9.97 Å². The molecule has 54 valence electrons. The van der Waals surface area contributed by atoms with Crippen LogP contribution in [0.2, 0.25) is 0 Å². The number of rotatable bonds is 2. The lowest BCUT2D eigenvalue weighted by Crippen LogP contribution is -2.06. The van der Waals surface area contributed by atoms with E-state index in [1.165, 1.54) is 0 Å². The van der Waals surface area contributed by atoms with E-state index in [1.807, 2.05) is 0 Å². The van der Waals surface area contributed by atoms with Crippen molar-refractivity contribution in [2.75, 3.05) is 0 Å².